The Bertz CT molecular complexity index is 339. The van der Waals surface area contributed by atoms with Crippen molar-refractivity contribution >= 4 is 0 Å². The van der Waals surface area contributed by atoms with Crippen LogP contribution in [0.5, 0.6) is 0 Å². The van der Waals surface area contributed by atoms with E-state index in [0.29, 0.717) is 6.54 Å². The Morgan fingerprint density at radius 1 is 1.33 bits per heavy atom. The molecule has 5 atom stereocenters. The van der Waals surface area contributed by atoms with E-state index in [1.54, 1.807) is 7.11 Å². The third-order valence-electron chi connectivity index (χ3n) is 3.77. The molecule has 7 nitrogen and oxygen atoms in total. The first kappa shape index (κ1) is 17.1. The van der Waals surface area contributed by atoms with Gasteiger partial charge in [-0.05, 0) is 27.9 Å². The number of fused-ring (bicyclic) bond motifs is 1. The van der Waals surface area contributed by atoms with E-state index in [1.807, 2.05) is 27.9 Å². The molecule has 0 bridgehead atoms. The van der Waals surface area contributed by atoms with Crippen LogP contribution in [0, 0.1) is 0 Å². The first-order valence-electron chi connectivity index (χ1n) is 7.41. The van der Waals surface area contributed by atoms with Crippen LogP contribution in [0.2, 0.25) is 0 Å². The van der Waals surface area contributed by atoms with Crippen LogP contribution in [-0.4, -0.2) is 87.3 Å². The molecule has 2 heterocycles. The van der Waals surface area contributed by atoms with Gasteiger partial charge in [-0.3, -0.25) is 0 Å². The van der Waals surface area contributed by atoms with Crippen LogP contribution in [0.3, 0.4) is 0 Å². The van der Waals surface area contributed by atoms with Crippen LogP contribution in [0.15, 0.2) is 0 Å². The number of ether oxygens (including phenoxy) is 4. The molecule has 0 unspecified atom stereocenters. The predicted octanol–water partition coefficient (Wildman–Crippen LogP) is -0.610. The third kappa shape index (κ3) is 4.13. The molecule has 2 N–H and O–H groups in total. The summed E-state index contributed by atoms with van der Waals surface area (Å²) in [5.41, 5.74) is 0. The van der Waals surface area contributed by atoms with Crippen molar-refractivity contribution in [3.05, 3.63) is 0 Å². The number of hydrogen-bond acceptors (Lipinski definition) is 7. The second kappa shape index (κ2) is 6.87. The molecule has 2 aliphatic rings. The van der Waals surface area contributed by atoms with Crippen molar-refractivity contribution < 1.29 is 24.1 Å². The zero-order valence-corrected chi connectivity index (χ0v) is 13.5. The molecule has 21 heavy (non-hydrogen) atoms. The highest BCUT2D eigenvalue weighted by Crippen LogP contribution is 2.39. The van der Waals surface area contributed by atoms with Crippen molar-refractivity contribution in [3.8, 4) is 0 Å². The molecule has 124 valence electrons. The number of methoxy groups -OCH3 is 1. The SMILES string of the molecule is CO[C@@H]1[C@H]2OC(C)(C)O[C@H]2O[C@@H]1[C@H](O)CNCCN(C)C. The molecular weight excluding hydrogens is 276 g/mol. The second-order valence-electron chi connectivity index (χ2n) is 6.34. The molecule has 2 rings (SSSR count). The van der Waals surface area contributed by atoms with Gasteiger partial charge in [-0.15, -0.1) is 0 Å². The molecule has 0 aromatic carbocycles. The fraction of sp³-hybridized carbons (Fsp3) is 1.00. The van der Waals surface area contributed by atoms with Crippen LogP contribution in [0.1, 0.15) is 13.8 Å². The minimum absolute atomic E-state index is 0.300. The van der Waals surface area contributed by atoms with Gasteiger partial charge in [0.2, 0.25) is 0 Å². The maximum Gasteiger partial charge on any atom is 0.190 e. The van der Waals surface area contributed by atoms with Crippen LogP contribution < -0.4 is 5.32 Å². The van der Waals surface area contributed by atoms with E-state index in [0.717, 1.165) is 13.1 Å². The average molecular weight is 304 g/mol. The highest BCUT2D eigenvalue weighted by Gasteiger charge is 2.56. The van der Waals surface area contributed by atoms with Gasteiger partial charge in [0.15, 0.2) is 12.1 Å². The number of nitrogens with zero attached hydrogens (tertiary/aromatic N) is 1. The van der Waals surface area contributed by atoms with Gasteiger partial charge in [-0.1, -0.05) is 0 Å². The van der Waals surface area contributed by atoms with Gasteiger partial charge in [0.25, 0.3) is 0 Å². The standard InChI is InChI=1S/C14H28N2O5/c1-14(2)20-12-11(18-5)10(19-13(12)21-14)9(17)8-15-6-7-16(3)4/h9-13,15,17H,6-8H2,1-5H3/t9-,10-,11+,12-,13-/m1/s1. The summed E-state index contributed by atoms with van der Waals surface area (Å²) in [6.45, 7) is 5.85. The van der Waals surface area contributed by atoms with Gasteiger partial charge in [0.05, 0.1) is 6.10 Å². The number of nitrogens with one attached hydrogen (secondary N) is 1. The predicted molar refractivity (Wildman–Crippen MR) is 76.9 cm³/mol. The van der Waals surface area contributed by atoms with Crippen LogP contribution >= 0.6 is 0 Å². The molecule has 2 aliphatic heterocycles. The molecule has 2 fully saturated rings. The zero-order valence-electron chi connectivity index (χ0n) is 13.5. The van der Waals surface area contributed by atoms with Crippen molar-refractivity contribution in [2.45, 2.75) is 50.3 Å². The summed E-state index contributed by atoms with van der Waals surface area (Å²) in [5, 5.41) is 13.5. The molecule has 0 spiro atoms. The molecule has 0 aliphatic carbocycles. The lowest BCUT2D eigenvalue weighted by Crippen LogP contribution is -2.46. The topological polar surface area (TPSA) is 72.4 Å². The Morgan fingerprint density at radius 3 is 2.67 bits per heavy atom. The third-order valence-corrected chi connectivity index (χ3v) is 3.77. The Hall–Kier alpha value is -0.280. The highest BCUT2D eigenvalue weighted by molar-refractivity contribution is 4.97. The van der Waals surface area contributed by atoms with E-state index in [-0.39, 0.29) is 12.2 Å². The molecule has 0 aromatic rings. The van der Waals surface area contributed by atoms with Crippen molar-refractivity contribution in [2.75, 3.05) is 40.8 Å². The molecular formula is C14H28N2O5. The number of aliphatic hydroxyl groups is 1. The maximum atomic E-state index is 10.3. The van der Waals surface area contributed by atoms with E-state index in [2.05, 4.69) is 10.2 Å². The minimum Gasteiger partial charge on any atom is -0.389 e. The molecule has 7 heteroatoms. The van der Waals surface area contributed by atoms with Crippen LogP contribution in [-0.2, 0) is 18.9 Å². The zero-order chi connectivity index (χ0) is 15.6. The fourth-order valence-corrected chi connectivity index (χ4v) is 2.75. The van der Waals surface area contributed by atoms with Crippen LogP contribution in [0.4, 0.5) is 0 Å². The molecule has 0 aromatic heterocycles. The maximum absolute atomic E-state index is 10.3. The molecule has 0 radical (unpaired) electrons. The van der Waals surface area contributed by atoms with Crippen molar-refractivity contribution in [3.63, 3.8) is 0 Å². The van der Waals surface area contributed by atoms with Crippen molar-refractivity contribution in [2.24, 2.45) is 0 Å². The second-order valence-corrected chi connectivity index (χ2v) is 6.34. The van der Waals surface area contributed by atoms with Gasteiger partial charge in [0.1, 0.15) is 18.3 Å². The summed E-state index contributed by atoms with van der Waals surface area (Å²) in [4.78, 5) is 2.08. The largest absolute Gasteiger partial charge is 0.389 e. The quantitative estimate of drug-likeness (QED) is 0.608. The number of hydrogen-bond donors (Lipinski definition) is 2. The minimum atomic E-state index is -0.675. The fourth-order valence-electron chi connectivity index (χ4n) is 2.75. The van der Waals surface area contributed by atoms with Gasteiger partial charge < -0.3 is 34.3 Å². The van der Waals surface area contributed by atoms with Gasteiger partial charge in [0, 0.05) is 26.7 Å². The van der Waals surface area contributed by atoms with E-state index >= 15 is 0 Å². The summed E-state index contributed by atoms with van der Waals surface area (Å²) in [6.07, 6.45) is -2.23. The highest BCUT2D eigenvalue weighted by atomic mass is 16.8. The summed E-state index contributed by atoms with van der Waals surface area (Å²) in [5.74, 6) is -0.675. The van der Waals surface area contributed by atoms with E-state index in [9.17, 15) is 5.11 Å². The van der Waals surface area contributed by atoms with E-state index in [1.165, 1.54) is 0 Å². The average Bonchev–Trinajstić information content (AvgIpc) is 2.85. The molecule has 0 amide bonds. The Kier molecular flexibility index (Phi) is 5.59. The van der Waals surface area contributed by atoms with Gasteiger partial charge >= 0.3 is 0 Å². The molecule has 0 saturated carbocycles. The summed E-state index contributed by atoms with van der Waals surface area (Å²) in [6, 6.07) is 0. The Balaban J connectivity index is 1.83. The lowest BCUT2D eigenvalue weighted by molar-refractivity contribution is -0.227. The van der Waals surface area contributed by atoms with E-state index < -0.39 is 24.3 Å². The van der Waals surface area contributed by atoms with Crippen LogP contribution in [0.25, 0.3) is 0 Å². The number of aliphatic hydroxyl groups excluding tert-OH is 1. The summed E-state index contributed by atoms with van der Waals surface area (Å²) < 4.78 is 22.7. The van der Waals surface area contributed by atoms with E-state index in [4.69, 9.17) is 18.9 Å². The lowest BCUT2D eigenvalue weighted by atomic mass is 10.1. The number of likely N-dealkylation sites (N-methyl/N-ethyl adjacent to an activating group) is 1. The monoisotopic (exact) mass is 304 g/mol. The van der Waals surface area contributed by atoms with Crippen molar-refractivity contribution in [1.82, 2.24) is 10.2 Å². The molecule has 2 saturated heterocycles. The van der Waals surface area contributed by atoms with Gasteiger partial charge in [-0.25, -0.2) is 0 Å². The smallest absolute Gasteiger partial charge is 0.190 e. The summed E-state index contributed by atoms with van der Waals surface area (Å²) >= 11 is 0. The number of rotatable bonds is 7. The normalized spacial score (nSPS) is 36.1. The first-order chi connectivity index (χ1) is 9.84. The Labute approximate surface area is 126 Å². The van der Waals surface area contributed by atoms with Crippen molar-refractivity contribution in [1.29, 1.82) is 0 Å². The lowest BCUT2D eigenvalue weighted by Gasteiger charge is -2.28. The Morgan fingerprint density at radius 2 is 2.05 bits per heavy atom. The first-order valence-corrected chi connectivity index (χ1v) is 7.41. The van der Waals surface area contributed by atoms with Gasteiger partial charge in [-0.2, -0.15) is 0 Å². The summed E-state index contributed by atoms with van der Waals surface area (Å²) in [7, 11) is 5.62.